The molecule has 1 fully saturated rings. The molecule has 0 heterocycles. The van der Waals surface area contributed by atoms with Crippen LogP contribution < -0.4 is 5.73 Å². The fourth-order valence-electron chi connectivity index (χ4n) is 2.94. The van der Waals surface area contributed by atoms with E-state index in [2.05, 4.69) is 18.9 Å². The third-order valence-electron chi connectivity index (χ3n) is 3.94. The van der Waals surface area contributed by atoms with Crippen LogP contribution in [-0.2, 0) is 4.74 Å². The quantitative estimate of drug-likeness (QED) is 0.722. The van der Waals surface area contributed by atoms with Crippen molar-refractivity contribution in [1.82, 2.24) is 4.90 Å². The Labute approximate surface area is 105 Å². The molecule has 4 heteroatoms. The fourth-order valence-corrected chi connectivity index (χ4v) is 2.94. The lowest BCUT2D eigenvalue weighted by atomic mass is 9.78. The van der Waals surface area contributed by atoms with E-state index in [-0.39, 0.29) is 0 Å². The van der Waals surface area contributed by atoms with Gasteiger partial charge in [-0.3, -0.25) is 0 Å². The molecule has 0 saturated heterocycles. The van der Waals surface area contributed by atoms with Crippen molar-refractivity contribution in [2.75, 3.05) is 33.9 Å². The van der Waals surface area contributed by atoms with E-state index in [9.17, 15) is 5.11 Å². The van der Waals surface area contributed by atoms with E-state index in [1.54, 1.807) is 7.11 Å². The molecular weight excluding hydrogens is 216 g/mol. The van der Waals surface area contributed by atoms with E-state index in [4.69, 9.17) is 10.5 Å². The number of hydrogen-bond donors (Lipinski definition) is 2. The van der Waals surface area contributed by atoms with Gasteiger partial charge in [-0.05, 0) is 38.3 Å². The van der Waals surface area contributed by atoms with Crippen LogP contribution in [0.5, 0.6) is 0 Å². The minimum absolute atomic E-state index is 0.402. The second-order valence-corrected chi connectivity index (χ2v) is 5.53. The summed E-state index contributed by atoms with van der Waals surface area (Å²) >= 11 is 0. The maximum atomic E-state index is 9.78. The number of aliphatic hydroxyl groups is 1. The van der Waals surface area contributed by atoms with Gasteiger partial charge < -0.3 is 20.5 Å². The molecule has 0 radical (unpaired) electrons. The molecule has 3 N–H and O–H groups in total. The van der Waals surface area contributed by atoms with Crippen LogP contribution in [-0.4, -0.2) is 56.0 Å². The first-order chi connectivity index (χ1) is 8.08. The molecule has 17 heavy (non-hydrogen) atoms. The second kappa shape index (κ2) is 7.31. The molecule has 1 rings (SSSR count). The highest BCUT2D eigenvalue weighted by Gasteiger charge is 2.31. The van der Waals surface area contributed by atoms with E-state index in [0.717, 1.165) is 12.5 Å². The standard InChI is InChI=1S/C13H28N2O2/c1-10-4-5-11(7-14)13(6-10)15(2)8-12(16)9-17-3/h10-13,16H,4-9,14H2,1-3H3. The van der Waals surface area contributed by atoms with Crippen LogP contribution in [0.4, 0.5) is 0 Å². The Hall–Kier alpha value is -0.160. The number of methoxy groups -OCH3 is 1. The van der Waals surface area contributed by atoms with Gasteiger partial charge in [0.25, 0.3) is 0 Å². The molecule has 1 aliphatic carbocycles. The summed E-state index contributed by atoms with van der Waals surface area (Å²) in [6.07, 6.45) is 3.29. The molecule has 0 aromatic heterocycles. The molecule has 0 bridgehead atoms. The predicted octanol–water partition coefficient (Wildman–Crippen LogP) is 0.689. The van der Waals surface area contributed by atoms with Gasteiger partial charge in [-0.25, -0.2) is 0 Å². The van der Waals surface area contributed by atoms with Crippen LogP contribution in [0.3, 0.4) is 0 Å². The van der Waals surface area contributed by atoms with Crippen molar-refractivity contribution in [3.05, 3.63) is 0 Å². The molecule has 4 atom stereocenters. The molecule has 4 nitrogen and oxygen atoms in total. The zero-order valence-electron chi connectivity index (χ0n) is 11.4. The summed E-state index contributed by atoms with van der Waals surface area (Å²) in [4.78, 5) is 2.26. The lowest BCUT2D eigenvalue weighted by Crippen LogP contribution is -2.47. The number of hydrogen-bond acceptors (Lipinski definition) is 4. The average molecular weight is 244 g/mol. The van der Waals surface area contributed by atoms with Crippen molar-refractivity contribution < 1.29 is 9.84 Å². The van der Waals surface area contributed by atoms with Gasteiger partial charge in [-0.15, -0.1) is 0 Å². The third kappa shape index (κ3) is 4.54. The molecule has 0 amide bonds. The Balaban J connectivity index is 2.48. The molecule has 0 aromatic rings. The third-order valence-corrected chi connectivity index (χ3v) is 3.94. The maximum absolute atomic E-state index is 9.78. The highest BCUT2D eigenvalue weighted by molar-refractivity contribution is 4.85. The number of rotatable bonds is 6. The number of likely N-dealkylation sites (N-methyl/N-ethyl adjacent to an activating group) is 1. The Morgan fingerprint density at radius 1 is 1.47 bits per heavy atom. The van der Waals surface area contributed by atoms with E-state index >= 15 is 0 Å². The highest BCUT2D eigenvalue weighted by atomic mass is 16.5. The van der Waals surface area contributed by atoms with Crippen LogP contribution in [0.2, 0.25) is 0 Å². The second-order valence-electron chi connectivity index (χ2n) is 5.53. The molecule has 1 aliphatic rings. The van der Waals surface area contributed by atoms with Crippen molar-refractivity contribution in [2.45, 2.75) is 38.3 Å². The lowest BCUT2D eigenvalue weighted by Gasteiger charge is -2.40. The van der Waals surface area contributed by atoms with Crippen molar-refractivity contribution in [3.63, 3.8) is 0 Å². The predicted molar refractivity (Wildman–Crippen MR) is 69.9 cm³/mol. The Morgan fingerprint density at radius 3 is 2.76 bits per heavy atom. The molecule has 1 saturated carbocycles. The van der Waals surface area contributed by atoms with Crippen LogP contribution >= 0.6 is 0 Å². The van der Waals surface area contributed by atoms with Crippen LogP contribution in [0.15, 0.2) is 0 Å². The average Bonchev–Trinajstić information content (AvgIpc) is 2.29. The van der Waals surface area contributed by atoms with Gasteiger partial charge in [0.2, 0.25) is 0 Å². The van der Waals surface area contributed by atoms with E-state index in [1.807, 2.05) is 0 Å². The summed E-state index contributed by atoms with van der Waals surface area (Å²) < 4.78 is 4.96. The summed E-state index contributed by atoms with van der Waals surface area (Å²) in [5, 5.41) is 9.78. The first-order valence-corrected chi connectivity index (χ1v) is 6.65. The molecule has 0 spiro atoms. The topological polar surface area (TPSA) is 58.7 Å². The summed E-state index contributed by atoms with van der Waals surface area (Å²) in [5.74, 6) is 1.34. The first kappa shape index (κ1) is 14.9. The summed E-state index contributed by atoms with van der Waals surface area (Å²) in [6, 6.07) is 0.509. The van der Waals surface area contributed by atoms with Crippen molar-refractivity contribution in [2.24, 2.45) is 17.6 Å². The highest BCUT2D eigenvalue weighted by Crippen LogP contribution is 2.31. The van der Waals surface area contributed by atoms with Crippen molar-refractivity contribution in [3.8, 4) is 0 Å². The number of nitrogens with zero attached hydrogens (tertiary/aromatic N) is 1. The maximum Gasteiger partial charge on any atom is 0.0900 e. The molecule has 4 unspecified atom stereocenters. The van der Waals surface area contributed by atoms with E-state index < -0.39 is 6.10 Å². The minimum atomic E-state index is -0.402. The van der Waals surface area contributed by atoms with E-state index in [1.165, 1.54) is 19.3 Å². The first-order valence-electron chi connectivity index (χ1n) is 6.65. The van der Waals surface area contributed by atoms with Gasteiger partial charge in [-0.1, -0.05) is 13.3 Å². The number of ether oxygens (including phenoxy) is 1. The van der Waals surface area contributed by atoms with Gasteiger partial charge in [-0.2, -0.15) is 0 Å². The smallest absolute Gasteiger partial charge is 0.0900 e. The normalized spacial score (nSPS) is 31.8. The minimum Gasteiger partial charge on any atom is -0.389 e. The largest absolute Gasteiger partial charge is 0.389 e. The summed E-state index contributed by atoms with van der Waals surface area (Å²) in [6.45, 7) is 4.13. The van der Waals surface area contributed by atoms with Crippen LogP contribution in [0.25, 0.3) is 0 Å². The summed E-state index contributed by atoms with van der Waals surface area (Å²) in [7, 11) is 3.71. The van der Waals surface area contributed by atoms with Gasteiger partial charge >= 0.3 is 0 Å². The monoisotopic (exact) mass is 244 g/mol. The number of nitrogens with two attached hydrogens (primary N) is 1. The van der Waals surface area contributed by atoms with Gasteiger partial charge in [0.15, 0.2) is 0 Å². The van der Waals surface area contributed by atoms with Crippen molar-refractivity contribution >= 4 is 0 Å². The molecule has 0 aliphatic heterocycles. The Bertz CT molecular complexity index is 214. The SMILES string of the molecule is COCC(O)CN(C)C1CC(C)CCC1CN. The molecule has 0 aromatic carbocycles. The Kier molecular flexibility index (Phi) is 6.41. The van der Waals surface area contributed by atoms with E-state index in [0.29, 0.717) is 25.1 Å². The van der Waals surface area contributed by atoms with Crippen LogP contribution in [0.1, 0.15) is 26.2 Å². The fraction of sp³-hybridized carbons (Fsp3) is 1.00. The van der Waals surface area contributed by atoms with Crippen molar-refractivity contribution in [1.29, 1.82) is 0 Å². The van der Waals surface area contributed by atoms with Gasteiger partial charge in [0, 0.05) is 19.7 Å². The molecule has 102 valence electrons. The van der Waals surface area contributed by atoms with Gasteiger partial charge in [0.05, 0.1) is 12.7 Å². The zero-order valence-corrected chi connectivity index (χ0v) is 11.4. The Morgan fingerprint density at radius 2 is 2.18 bits per heavy atom. The summed E-state index contributed by atoms with van der Waals surface area (Å²) in [5.41, 5.74) is 5.85. The van der Waals surface area contributed by atoms with Gasteiger partial charge in [0.1, 0.15) is 0 Å². The molecular formula is C13H28N2O2. The lowest BCUT2D eigenvalue weighted by molar-refractivity contribution is 0.0163. The van der Waals surface area contributed by atoms with Crippen LogP contribution in [0, 0.1) is 11.8 Å². The zero-order chi connectivity index (χ0) is 12.8. The number of aliphatic hydroxyl groups excluding tert-OH is 1.